The van der Waals surface area contributed by atoms with Gasteiger partial charge in [0.05, 0.1) is 9.75 Å². The summed E-state index contributed by atoms with van der Waals surface area (Å²) in [5, 5.41) is 0. The zero-order valence-corrected chi connectivity index (χ0v) is 13.8. The van der Waals surface area contributed by atoms with Gasteiger partial charge in [-0.05, 0) is 57.1 Å². The van der Waals surface area contributed by atoms with Crippen molar-refractivity contribution < 1.29 is 4.79 Å². The van der Waals surface area contributed by atoms with E-state index in [1.807, 2.05) is 0 Å². The molecule has 1 aromatic heterocycles. The topological polar surface area (TPSA) is 17.1 Å². The van der Waals surface area contributed by atoms with Crippen LogP contribution < -0.4 is 0 Å². The Morgan fingerprint density at radius 1 is 1.25 bits per heavy atom. The van der Waals surface area contributed by atoms with Crippen LogP contribution in [-0.2, 0) is 0 Å². The van der Waals surface area contributed by atoms with Crippen molar-refractivity contribution in [2.75, 3.05) is 0 Å². The van der Waals surface area contributed by atoms with Crippen LogP contribution in [0.5, 0.6) is 0 Å². The van der Waals surface area contributed by atoms with Crippen LogP contribution in [0.15, 0.2) is 6.07 Å². The quantitative estimate of drug-likeness (QED) is 0.536. The number of carbonyl (C=O) groups excluding carboxylic acids is 1. The second-order valence-corrected chi connectivity index (χ2v) is 8.09. The van der Waals surface area contributed by atoms with Crippen molar-refractivity contribution in [2.45, 2.75) is 59.3 Å². The molecule has 1 nitrogen and oxygen atoms in total. The molecule has 0 aliphatic heterocycles. The van der Waals surface area contributed by atoms with Crippen LogP contribution in [0.2, 0.25) is 0 Å². The highest BCUT2D eigenvalue weighted by Crippen LogP contribution is 2.39. The molecule has 1 heterocycles. The predicted octanol–water partition coefficient (Wildman–Crippen LogP) is 5.25. The Labute approximate surface area is 126 Å². The molecule has 0 saturated heterocycles. The van der Waals surface area contributed by atoms with Crippen molar-refractivity contribution in [3.8, 4) is 11.8 Å². The highest BCUT2D eigenvalue weighted by Gasteiger charge is 2.23. The first-order chi connectivity index (χ1) is 9.39. The molecule has 1 aliphatic rings. The van der Waals surface area contributed by atoms with E-state index in [-0.39, 0.29) is 5.41 Å². The number of hydrogen-bond acceptors (Lipinski definition) is 2. The van der Waals surface area contributed by atoms with Crippen LogP contribution in [0.4, 0.5) is 0 Å². The second-order valence-electron chi connectivity index (χ2n) is 7.00. The van der Waals surface area contributed by atoms with E-state index in [1.165, 1.54) is 31.2 Å². The van der Waals surface area contributed by atoms with Gasteiger partial charge in [-0.1, -0.05) is 31.6 Å². The van der Waals surface area contributed by atoms with Gasteiger partial charge in [-0.3, -0.25) is 4.79 Å². The van der Waals surface area contributed by atoms with Crippen molar-refractivity contribution in [3.63, 3.8) is 0 Å². The minimum absolute atomic E-state index is 0.00572. The molecular weight excluding hydrogens is 264 g/mol. The van der Waals surface area contributed by atoms with Crippen molar-refractivity contribution in [1.29, 1.82) is 0 Å². The normalized spacial score (nSPS) is 23.0. The monoisotopic (exact) mass is 288 g/mol. The molecule has 1 fully saturated rings. The Morgan fingerprint density at radius 3 is 2.45 bits per heavy atom. The first-order valence-electron chi connectivity index (χ1n) is 7.51. The summed E-state index contributed by atoms with van der Waals surface area (Å²) in [5.74, 6) is 7.89. The van der Waals surface area contributed by atoms with E-state index >= 15 is 0 Å². The molecule has 0 spiro atoms. The fraction of sp³-hybridized carbons (Fsp3) is 0.611. The average Bonchev–Trinajstić information content (AvgIpc) is 2.80. The van der Waals surface area contributed by atoms with E-state index in [0.29, 0.717) is 5.92 Å². The maximum atomic E-state index is 11.3. The van der Waals surface area contributed by atoms with E-state index < -0.39 is 0 Å². The minimum Gasteiger partial charge on any atom is -0.297 e. The molecule has 0 amide bonds. The number of carbonyl (C=O) groups is 1. The lowest BCUT2D eigenvalue weighted by Gasteiger charge is -2.26. The summed E-state index contributed by atoms with van der Waals surface area (Å²) in [6.45, 7) is 8.65. The van der Waals surface area contributed by atoms with Gasteiger partial charge in [-0.2, -0.15) is 0 Å². The summed E-state index contributed by atoms with van der Waals surface area (Å²) < 4.78 is 0. The van der Waals surface area contributed by atoms with Crippen molar-refractivity contribution >= 4 is 17.6 Å². The fourth-order valence-corrected chi connectivity index (χ4v) is 3.63. The lowest BCUT2D eigenvalue weighted by atomic mass is 9.79. The summed E-state index contributed by atoms with van der Waals surface area (Å²) in [5.41, 5.74) is 1.25. The Kier molecular flexibility index (Phi) is 4.70. The number of rotatable bonds is 2. The predicted molar refractivity (Wildman–Crippen MR) is 86.4 cm³/mol. The molecule has 0 aromatic carbocycles. The molecule has 0 N–H and O–H groups in total. The highest BCUT2D eigenvalue weighted by atomic mass is 32.1. The van der Waals surface area contributed by atoms with E-state index in [1.54, 1.807) is 11.3 Å². The van der Waals surface area contributed by atoms with Gasteiger partial charge < -0.3 is 0 Å². The van der Waals surface area contributed by atoms with Gasteiger partial charge >= 0.3 is 0 Å². The van der Waals surface area contributed by atoms with Crippen LogP contribution >= 0.6 is 11.3 Å². The van der Waals surface area contributed by atoms with E-state index in [4.69, 9.17) is 0 Å². The first kappa shape index (κ1) is 15.3. The Bertz CT molecular complexity index is 528. The van der Waals surface area contributed by atoms with Crippen molar-refractivity contribution in [3.05, 3.63) is 21.4 Å². The lowest BCUT2D eigenvalue weighted by Crippen LogP contribution is -2.11. The highest BCUT2D eigenvalue weighted by molar-refractivity contribution is 7.14. The van der Waals surface area contributed by atoms with E-state index in [9.17, 15) is 4.79 Å². The smallest absolute Gasteiger partial charge is 0.160 e. The lowest BCUT2D eigenvalue weighted by molar-refractivity contribution is 0.112. The zero-order chi connectivity index (χ0) is 14.8. The second kappa shape index (κ2) is 6.14. The van der Waals surface area contributed by atoms with Gasteiger partial charge in [-0.15, -0.1) is 11.3 Å². The summed E-state index contributed by atoms with van der Waals surface area (Å²) in [6, 6.07) is 2.16. The van der Waals surface area contributed by atoms with Crippen molar-refractivity contribution in [1.82, 2.24) is 0 Å². The Hall–Kier alpha value is -1.07. The van der Waals surface area contributed by atoms with Gasteiger partial charge in [0.2, 0.25) is 0 Å². The summed E-state index contributed by atoms with van der Waals surface area (Å²) in [6.07, 6.45) is 6.00. The third-order valence-corrected chi connectivity index (χ3v) is 4.91. The number of thiophene rings is 1. The molecule has 0 unspecified atom stereocenters. The summed E-state index contributed by atoms with van der Waals surface area (Å²) in [7, 11) is 0. The molecule has 2 heteroatoms. The maximum Gasteiger partial charge on any atom is 0.160 e. The molecule has 1 aliphatic carbocycles. The molecule has 0 radical (unpaired) electrons. The maximum absolute atomic E-state index is 11.3. The molecule has 1 saturated carbocycles. The average molecular weight is 288 g/mol. The summed E-state index contributed by atoms with van der Waals surface area (Å²) in [4.78, 5) is 13.2. The Balaban J connectivity index is 2.22. The summed E-state index contributed by atoms with van der Waals surface area (Å²) >= 11 is 1.55. The van der Waals surface area contributed by atoms with E-state index in [2.05, 4.69) is 45.6 Å². The number of hydrogen-bond donors (Lipinski definition) is 0. The zero-order valence-electron chi connectivity index (χ0n) is 13.0. The molecule has 0 atom stereocenters. The van der Waals surface area contributed by atoms with Gasteiger partial charge in [0.15, 0.2) is 6.29 Å². The van der Waals surface area contributed by atoms with Crippen LogP contribution in [0.1, 0.15) is 79.4 Å². The van der Waals surface area contributed by atoms with Crippen LogP contribution in [0, 0.1) is 23.2 Å². The Morgan fingerprint density at radius 2 is 1.90 bits per heavy atom. The molecular formula is C18H24OS. The molecule has 20 heavy (non-hydrogen) atoms. The van der Waals surface area contributed by atoms with Gasteiger partial charge in [0.1, 0.15) is 0 Å². The third kappa shape index (κ3) is 3.96. The minimum atomic E-state index is 0.00572. The fourth-order valence-electron chi connectivity index (χ4n) is 2.71. The third-order valence-electron chi connectivity index (χ3n) is 3.91. The van der Waals surface area contributed by atoms with Crippen LogP contribution in [0.25, 0.3) is 0 Å². The first-order valence-corrected chi connectivity index (χ1v) is 8.33. The molecule has 1 aromatic rings. The SMILES string of the molecule is CC1CCC(c2cc(C#CC(C)(C)C)sc2C=O)CC1. The van der Waals surface area contributed by atoms with E-state index in [0.717, 1.165) is 22.0 Å². The molecule has 108 valence electrons. The van der Waals surface area contributed by atoms with Crippen molar-refractivity contribution in [2.24, 2.45) is 11.3 Å². The number of aldehydes is 1. The van der Waals surface area contributed by atoms with Crippen LogP contribution in [0.3, 0.4) is 0 Å². The van der Waals surface area contributed by atoms with Gasteiger partial charge in [-0.25, -0.2) is 0 Å². The van der Waals surface area contributed by atoms with Crippen LogP contribution in [-0.4, -0.2) is 6.29 Å². The molecule has 0 bridgehead atoms. The largest absolute Gasteiger partial charge is 0.297 e. The molecule has 2 rings (SSSR count). The van der Waals surface area contributed by atoms with Gasteiger partial charge in [0, 0.05) is 5.41 Å². The van der Waals surface area contributed by atoms with Gasteiger partial charge in [0.25, 0.3) is 0 Å². The standard InChI is InChI=1S/C18H24OS/c1-13-5-7-14(8-6-13)16-11-15(20-17(16)12-19)9-10-18(2,3)4/h11-14H,5-8H2,1-4H3.